The van der Waals surface area contributed by atoms with Crippen LogP contribution < -0.4 is 5.73 Å². The third-order valence-corrected chi connectivity index (χ3v) is 2.90. The van der Waals surface area contributed by atoms with Crippen molar-refractivity contribution in [3.05, 3.63) is 70.8 Å². The molecule has 0 atom stereocenters. The van der Waals surface area contributed by atoms with Crippen molar-refractivity contribution in [3.63, 3.8) is 0 Å². The summed E-state index contributed by atoms with van der Waals surface area (Å²) in [7, 11) is 0. The van der Waals surface area contributed by atoms with Gasteiger partial charge in [-0.3, -0.25) is 4.79 Å². The Hall–Kier alpha value is -2.62. The fourth-order valence-electron chi connectivity index (χ4n) is 1.69. The van der Waals surface area contributed by atoms with Crippen LogP contribution in [-0.2, 0) is 11.3 Å². The molecule has 4 nitrogen and oxygen atoms in total. The number of hydrogen-bond acceptors (Lipinski definition) is 3. The summed E-state index contributed by atoms with van der Waals surface area (Å²) in [5, 5.41) is 0. The lowest BCUT2D eigenvalue weighted by Gasteiger charge is -2.05. The molecule has 0 bridgehead atoms. The first-order valence-electron chi connectivity index (χ1n) is 6.19. The maximum Gasteiger partial charge on any atom is 0.338 e. The van der Waals surface area contributed by atoms with E-state index < -0.39 is 5.91 Å². The van der Waals surface area contributed by atoms with Crippen molar-refractivity contribution in [1.82, 2.24) is 0 Å². The fourth-order valence-corrected chi connectivity index (χ4v) is 1.69. The van der Waals surface area contributed by atoms with Crippen LogP contribution in [-0.4, -0.2) is 11.9 Å². The second-order valence-electron chi connectivity index (χ2n) is 4.50. The minimum atomic E-state index is -0.479. The van der Waals surface area contributed by atoms with Gasteiger partial charge in [0.25, 0.3) is 0 Å². The van der Waals surface area contributed by atoms with Crippen molar-refractivity contribution in [2.24, 2.45) is 5.73 Å². The summed E-state index contributed by atoms with van der Waals surface area (Å²) < 4.78 is 5.20. The largest absolute Gasteiger partial charge is 0.457 e. The van der Waals surface area contributed by atoms with Gasteiger partial charge in [0.2, 0.25) is 5.91 Å². The molecule has 0 fully saturated rings. The third kappa shape index (κ3) is 3.45. The Balaban J connectivity index is 1.96. The van der Waals surface area contributed by atoms with Crippen molar-refractivity contribution in [1.29, 1.82) is 0 Å². The van der Waals surface area contributed by atoms with Crippen LogP contribution in [0.3, 0.4) is 0 Å². The van der Waals surface area contributed by atoms with E-state index in [1.165, 1.54) is 0 Å². The van der Waals surface area contributed by atoms with E-state index in [9.17, 15) is 9.59 Å². The molecule has 0 heterocycles. The maximum atomic E-state index is 11.8. The van der Waals surface area contributed by atoms with Crippen molar-refractivity contribution < 1.29 is 14.3 Å². The summed E-state index contributed by atoms with van der Waals surface area (Å²) in [6.07, 6.45) is 0. The Morgan fingerprint density at radius 3 is 2.05 bits per heavy atom. The Kier molecular flexibility index (Phi) is 4.15. The van der Waals surface area contributed by atoms with Crippen LogP contribution in [0, 0.1) is 6.92 Å². The van der Waals surface area contributed by atoms with Crippen LogP contribution in [0.15, 0.2) is 48.5 Å². The van der Waals surface area contributed by atoms with Gasteiger partial charge in [-0.15, -0.1) is 0 Å². The Morgan fingerprint density at radius 2 is 1.50 bits per heavy atom. The third-order valence-electron chi connectivity index (χ3n) is 2.90. The molecular weight excluding hydrogens is 254 g/mol. The zero-order chi connectivity index (χ0) is 14.5. The van der Waals surface area contributed by atoms with Gasteiger partial charge < -0.3 is 10.5 Å². The average molecular weight is 269 g/mol. The lowest BCUT2D eigenvalue weighted by atomic mass is 10.1. The minimum absolute atomic E-state index is 0.158. The van der Waals surface area contributed by atoms with Crippen LogP contribution in [0.2, 0.25) is 0 Å². The molecule has 1 amide bonds. The topological polar surface area (TPSA) is 69.4 Å². The zero-order valence-corrected chi connectivity index (χ0v) is 11.1. The van der Waals surface area contributed by atoms with E-state index in [2.05, 4.69) is 0 Å². The molecule has 0 saturated heterocycles. The molecule has 0 unspecified atom stereocenters. The quantitative estimate of drug-likeness (QED) is 0.867. The molecule has 0 radical (unpaired) electrons. The van der Waals surface area contributed by atoms with Crippen LogP contribution >= 0.6 is 0 Å². The molecule has 0 saturated carbocycles. The first-order valence-corrected chi connectivity index (χ1v) is 6.19. The first kappa shape index (κ1) is 13.8. The molecular formula is C16H15NO3. The van der Waals surface area contributed by atoms with Crippen LogP contribution in [0.25, 0.3) is 0 Å². The Bertz CT molecular complexity index is 615. The number of primary amides is 1. The van der Waals surface area contributed by atoms with Crippen molar-refractivity contribution in [2.75, 3.05) is 0 Å². The molecule has 0 aliphatic rings. The van der Waals surface area contributed by atoms with Crippen LogP contribution in [0.1, 0.15) is 31.8 Å². The van der Waals surface area contributed by atoms with Crippen LogP contribution in [0.4, 0.5) is 0 Å². The van der Waals surface area contributed by atoms with Crippen molar-refractivity contribution in [3.8, 4) is 0 Å². The normalized spacial score (nSPS) is 10.1. The predicted octanol–water partition coefficient (Wildman–Crippen LogP) is 2.45. The van der Waals surface area contributed by atoms with Gasteiger partial charge in [-0.1, -0.05) is 29.8 Å². The fraction of sp³-hybridized carbons (Fsp3) is 0.125. The summed E-state index contributed by atoms with van der Waals surface area (Å²) in [5.74, 6) is -0.850. The lowest BCUT2D eigenvalue weighted by molar-refractivity contribution is 0.0472. The van der Waals surface area contributed by atoms with Gasteiger partial charge in [-0.2, -0.15) is 0 Å². The van der Waals surface area contributed by atoms with Gasteiger partial charge in [0.05, 0.1) is 5.56 Å². The SMILES string of the molecule is Cc1ccc(C(=O)OCc2ccc(C(N)=O)cc2)cc1. The number of aryl methyl sites for hydroxylation is 1. The summed E-state index contributed by atoms with van der Waals surface area (Å²) in [4.78, 5) is 22.7. The molecule has 2 aromatic rings. The van der Waals surface area contributed by atoms with Crippen molar-refractivity contribution >= 4 is 11.9 Å². The van der Waals surface area contributed by atoms with Gasteiger partial charge in [0.1, 0.15) is 6.61 Å². The molecule has 0 aliphatic heterocycles. The monoisotopic (exact) mass is 269 g/mol. The number of nitrogens with two attached hydrogens (primary N) is 1. The number of carbonyl (C=O) groups is 2. The molecule has 0 aromatic heterocycles. The number of carbonyl (C=O) groups excluding carboxylic acids is 2. The van der Waals surface area contributed by atoms with E-state index in [-0.39, 0.29) is 12.6 Å². The van der Waals surface area contributed by atoms with E-state index in [1.807, 2.05) is 19.1 Å². The number of amides is 1. The van der Waals surface area contributed by atoms with E-state index in [0.29, 0.717) is 11.1 Å². The van der Waals surface area contributed by atoms with Gasteiger partial charge >= 0.3 is 5.97 Å². The van der Waals surface area contributed by atoms with Crippen molar-refractivity contribution in [2.45, 2.75) is 13.5 Å². The maximum absolute atomic E-state index is 11.8. The van der Waals surface area contributed by atoms with Gasteiger partial charge in [0.15, 0.2) is 0 Å². The highest BCUT2D eigenvalue weighted by Gasteiger charge is 2.07. The standard InChI is InChI=1S/C16H15NO3/c1-11-2-6-14(7-3-11)16(19)20-10-12-4-8-13(9-5-12)15(17)18/h2-9H,10H2,1H3,(H2,17,18). The highest BCUT2D eigenvalue weighted by Crippen LogP contribution is 2.09. The number of esters is 1. The first-order chi connectivity index (χ1) is 9.56. The zero-order valence-electron chi connectivity index (χ0n) is 11.1. The number of hydrogen-bond donors (Lipinski definition) is 1. The molecule has 4 heteroatoms. The molecule has 20 heavy (non-hydrogen) atoms. The summed E-state index contributed by atoms with van der Waals surface area (Å²) in [5.41, 5.74) is 7.99. The van der Waals surface area contributed by atoms with Gasteiger partial charge in [-0.25, -0.2) is 4.79 Å². The van der Waals surface area contributed by atoms with Gasteiger partial charge in [0, 0.05) is 5.56 Å². The van der Waals surface area contributed by atoms with E-state index >= 15 is 0 Å². The Labute approximate surface area is 117 Å². The van der Waals surface area contributed by atoms with Crippen LogP contribution in [0.5, 0.6) is 0 Å². The average Bonchev–Trinajstić information content (AvgIpc) is 2.46. The summed E-state index contributed by atoms with van der Waals surface area (Å²) in [6.45, 7) is 2.11. The summed E-state index contributed by atoms with van der Waals surface area (Å²) in [6, 6.07) is 13.8. The second kappa shape index (κ2) is 6.02. The lowest BCUT2D eigenvalue weighted by Crippen LogP contribution is -2.11. The van der Waals surface area contributed by atoms with E-state index in [0.717, 1.165) is 11.1 Å². The number of benzene rings is 2. The van der Waals surface area contributed by atoms with Gasteiger partial charge in [-0.05, 0) is 36.8 Å². The molecule has 102 valence electrons. The minimum Gasteiger partial charge on any atom is -0.457 e. The molecule has 0 spiro atoms. The highest BCUT2D eigenvalue weighted by molar-refractivity contribution is 5.92. The smallest absolute Gasteiger partial charge is 0.338 e. The number of rotatable bonds is 4. The van der Waals surface area contributed by atoms with E-state index in [1.54, 1.807) is 36.4 Å². The Morgan fingerprint density at radius 1 is 0.950 bits per heavy atom. The summed E-state index contributed by atoms with van der Waals surface area (Å²) >= 11 is 0. The molecule has 2 rings (SSSR count). The number of ether oxygens (including phenoxy) is 1. The molecule has 2 N–H and O–H groups in total. The molecule has 0 aliphatic carbocycles. The molecule has 2 aromatic carbocycles. The predicted molar refractivity (Wildman–Crippen MR) is 75.3 cm³/mol. The second-order valence-corrected chi connectivity index (χ2v) is 4.50. The highest BCUT2D eigenvalue weighted by atomic mass is 16.5. The van der Waals surface area contributed by atoms with E-state index in [4.69, 9.17) is 10.5 Å².